The Morgan fingerprint density at radius 1 is 1.47 bits per heavy atom. The molecule has 0 amide bonds. The minimum absolute atomic E-state index is 0.00212. The fourth-order valence-corrected chi connectivity index (χ4v) is 2.11. The molecule has 1 saturated heterocycles. The van der Waals surface area contributed by atoms with Crippen LogP contribution in [0.1, 0.15) is 5.56 Å². The van der Waals surface area contributed by atoms with Crippen LogP contribution in [0.2, 0.25) is 0 Å². The first kappa shape index (κ1) is 12.4. The molecule has 94 valence electrons. The maximum absolute atomic E-state index is 9.21. The summed E-state index contributed by atoms with van der Waals surface area (Å²) in [5, 5.41) is 9.21. The van der Waals surface area contributed by atoms with Crippen LogP contribution in [-0.4, -0.2) is 48.9 Å². The van der Waals surface area contributed by atoms with E-state index in [-0.39, 0.29) is 17.9 Å². The number of rotatable bonds is 3. The van der Waals surface area contributed by atoms with Gasteiger partial charge in [-0.05, 0) is 31.2 Å². The Kier molecular flexibility index (Phi) is 3.99. The lowest BCUT2D eigenvalue weighted by molar-refractivity contribution is -0.0319. The monoisotopic (exact) mass is 236 g/mol. The second-order valence-electron chi connectivity index (χ2n) is 4.71. The van der Waals surface area contributed by atoms with Gasteiger partial charge in [-0.3, -0.25) is 0 Å². The van der Waals surface area contributed by atoms with Crippen LogP contribution in [0.25, 0.3) is 0 Å². The van der Waals surface area contributed by atoms with Crippen molar-refractivity contribution >= 4 is 0 Å². The Morgan fingerprint density at radius 2 is 2.18 bits per heavy atom. The van der Waals surface area contributed by atoms with Crippen LogP contribution in [-0.2, 0) is 11.2 Å². The third-order valence-corrected chi connectivity index (χ3v) is 3.18. The fraction of sp³-hybridized carbons (Fsp3) is 0.538. The van der Waals surface area contributed by atoms with Crippen LogP contribution >= 0.6 is 0 Å². The molecule has 4 heteroatoms. The van der Waals surface area contributed by atoms with E-state index < -0.39 is 0 Å². The molecule has 0 bridgehead atoms. The van der Waals surface area contributed by atoms with E-state index in [0.717, 1.165) is 31.7 Å². The summed E-state index contributed by atoms with van der Waals surface area (Å²) in [6, 6.07) is 7.19. The first-order chi connectivity index (χ1) is 8.15. The number of benzene rings is 1. The molecule has 1 aliphatic heterocycles. The van der Waals surface area contributed by atoms with Crippen LogP contribution < -0.4 is 5.73 Å². The van der Waals surface area contributed by atoms with Crippen molar-refractivity contribution in [3.63, 3.8) is 0 Å². The molecule has 2 atom stereocenters. The van der Waals surface area contributed by atoms with E-state index in [0.29, 0.717) is 0 Å². The number of likely N-dealkylation sites (N-methyl/N-ethyl adjacent to an activating group) is 1. The summed E-state index contributed by atoms with van der Waals surface area (Å²) < 4.78 is 5.69. The Hall–Kier alpha value is -1.10. The number of hydrogen-bond donors (Lipinski definition) is 2. The van der Waals surface area contributed by atoms with Gasteiger partial charge in [0.15, 0.2) is 0 Å². The summed E-state index contributed by atoms with van der Waals surface area (Å²) in [7, 11) is 2.09. The molecule has 1 aliphatic rings. The maximum atomic E-state index is 9.21. The van der Waals surface area contributed by atoms with Crippen molar-refractivity contribution in [3.8, 4) is 5.75 Å². The normalized spacial score (nSPS) is 23.5. The molecule has 2 rings (SSSR count). The summed E-state index contributed by atoms with van der Waals surface area (Å²) in [6.07, 6.45) is 0.876. The molecule has 0 aliphatic carbocycles. The van der Waals surface area contributed by atoms with Crippen LogP contribution in [0.3, 0.4) is 0 Å². The fourth-order valence-electron chi connectivity index (χ4n) is 2.11. The largest absolute Gasteiger partial charge is 0.508 e. The van der Waals surface area contributed by atoms with Crippen molar-refractivity contribution in [2.45, 2.75) is 18.6 Å². The van der Waals surface area contributed by atoms with Gasteiger partial charge in [-0.15, -0.1) is 0 Å². The number of nitrogens with two attached hydrogens (primary N) is 1. The van der Waals surface area contributed by atoms with Gasteiger partial charge in [0.05, 0.1) is 12.7 Å². The molecule has 4 nitrogen and oxygen atoms in total. The predicted molar refractivity (Wildman–Crippen MR) is 67.0 cm³/mol. The summed E-state index contributed by atoms with van der Waals surface area (Å²) in [5.74, 6) is 0.288. The smallest absolute Gasteiger partial charge is 0.115 e. The predicted octanol–water partition coefficient (Wildman–Crippen LogP) is 0.593. The van der Waals surface area contributed by atoms with Gasteiger partial charge < -0.3 is 20.5 Å². The van der Waals surface area contributed by atoms with Gasteiger partial charge in [-0.1, -0.05) is 12.1 Å². The second kappa shape index (κ2) is 5.49. The molecule has 0 radical (unpaired) electrons. The molecule has 0 aromatic heterocycles. The molecule has 17 heavy (non-hydrogen) atoms. The van der Waals surface area contributed by atoms with Gasteiger partial charge in [0.25, 0.3) is 0 Å². The number of hydrogen-bond acceptors (Lipinski definition) is 4. The zero-order valence-electron chi connectivity index (χ0n) is 10.2. The molecular weight excluding hydrogens is 216 g/mol. The number of ether oxygens (including phenoxy) is 1. The number of aromatic hydroxyl groups is 1. The van der Waals surface area contributed by atoms with Gasteiger partial charge in [0.2, 0.25) is 0 Å². The number of morpholine rings is 1. The van der Waals surface area contributed by atoms with E-state index in [1.54, 1.807) is 12.1 Å². The van der Waals surface area contributed by atoms with Crippen LogP contribution in [0.15, 0.2) is 24.3 Å². The minimum atomic E-state index is 0.00212. The van der Waals surface area contributed by atoms with Gasteiger partial charge in [-0.2, -0.15) is 0 Å². The third-order valence-electron chi connectivity index (χ3n) is 3.18. The highest BCUT2D eigenvalue weighted by Crippen LogP contribution is 2.14. The van der Waals surface area contributed by atoms with E-state index in [2.05, 4.69) is 11.9 Å². The molecular formula is C13H20N2O2. The summed E-state index contributed by atoms with van der Waals surface area (Å²) >= 11 is 0. The molecule has 1 fully saturated rings. The van der Waals surface area contributed by atoms with Crippen molar-refractivity contribution in [1.29, 1.82) is 0 Å². The quantitative estimate of drug-likeness (QED) is 0.806. The lowest BCUT2D eigenvalue weighted by atomic mass is 10.0. The second-order valence-corrected chi connectivity index (χ2v) is 4.71. The highest BCUT2D eigenvalue weighted by molar-refractivity contribution is 5.26. The van der Waals surface area contributed by atoms with E-state index >= 15 is 0 Å². The Balaban J connectivity index is 1.91. The summed E-state index contributed by atoms with van der Waals surface area (Å²) in [5.41, 5.74) is 7.30. The number of phenols is 1. The van der Waals surface area contributed by atoms with Gasteiger partial charge in [0.1, 0.15) is 5.75 Å². The van der Waals surface area contributed by atoms with Gasteiger partial charge in [-0.25, -0.2) is 0 Å². The summed E-state index contributed by atoms with van der Waals surface area (Å²) in [4.78, 5) is 2.24. The molecule has 2 unspecified atom stereocenters. The first-order valence-corrected chi connectivity index (χ1v) is 5.99. The lowest BCUT2D eigenvalue weighted by Gasteiger charge is -2.33. The topological polar surface area (TPSA) is 58.7 Å². The SMILES string of the molecule is CN1CCOC(C(N)Cc2ccc(O)cc2)C1. The molecule has 0 spiro atoms. The number of phenolic OH excluding ortho intramolecular Hbond substituents is 1. The van der Waals surface area contributed by atoms with E-state index in [1.807, 2.05) is 12.1 Å². The van der Waals surface area contributed by atoms with Crippen molar-refractivity contribution < 1.29 is 9.84 Å². The third kappa shape index (κ3) is 3.43. The van der Waals surface area contributed by atoms with Crippen LogP contribution in [0, 0.1) is 0 Å². The standard InChI is InChI=1S/C13H20N2O2/c1-15-6-7-17-13(9-15)12(14)8-10-2-4-11(16)5-3-10/h2-5,12-13,16H,6-9,14H2,1H3. The maximum Gasteiger partial charge on any atom is 0.115 e. The Bertz CT molecular complexity index is 353. The highest BCUT2D eigenvalue weighted by atomic mass is 16.5. The zero-order valence-corrected chi connectivity index (χ0v) is 10.2. The van der Waals surface area contributed by atoms with E-state index in [9.17, 15) is 5.11 Å². The van der Waals surface area contributed by atoms with E-state index in [4.69, 9.17) is 10.5 Å². The number of nitrogens with zero attached hydrogens (tertiary/aromatic N) is 1. The van der Waals surface area contributed by atoms with Gasteiger partial charge in [0, 0.05) is 19.1 Å². The van der Waals surface area contributed by atoms with Gasteiger partial charge >= 0.3 is 0 Å². The molecule has 0 saturated carbocycles. The molecule has 1 heterocycles. The van der Waals surface area contributed by atoms with E-state index in [1.165, 1.54) is 0 Å². The first-order valence-electron chi connectivity index (χ1n) is 5.99. The Labute approximate surface area is 102 Å². The average molecular weight is 236 g/mol. The lowest BCUT2D eigenvalue weighted by Crippen LogP contribution is -2.50. The Morgan fingerprint density at radius 3 is 2.82 bits per heavy atom. The minimum Gasteiger partial charge on any atom is -0.508 e. The summed E-state index contributed by atoms with van der Waals surface area (Å²) in [6.45, 7) is 2.62. The van der Waals surface area contributed by atoms with Crippen LogP contribution in [0.4, 0.5) is 0 Å². The average Bonchev–Trinajstić information content (AvgIpc) is 2.32. The van der Waals surface area contributed by atoms with Crippen molar-refractivity contribution in [3.05, 3.63) is 29.8 Å². The van der Waals surface area contributed by atoms with Crippen LogP contribution in [0.5, 0.6) is 5.75 Å². The van der Waals surface area contributed by atoms with Crippen molar-refractivity contribution in [2.75, 3.05) is 26.7 Å². The zero-order chi connectivity index (χ0) is 12.3. The molecule has 1 aromatic carbocycles. The molecule has 1 aromatic rings. The molecule has 3 N–H and O–H groups in total. The van der Waals surface area contributed by atoms with Crippen molar-refractivity contribution in [2.24, 2.45) is 5.73 Å². The highest BCUT2D eigenvalue weighted by Gasteiger charge is 2.23. The van der Waals surface area contributed by atoms with Crippen molar-refractivity contribution in [1.82, 2.24) is 4.90 Å².